The van der Waals surface area contributed by atoms with Crippen LogP contribution in [0.3, 0.4) is 0 Å². The summed E-state index contributed by atoms with van der Waals surface area (Å²) in [7, 11) is 0. The van der Waals surface area contributed by atoms with E-state index in [1.807, 2.05) is 52.0 Å². The quantitative estimate of drug-likeness (QED) is 0.751. The van der Waals surface area contributed by atoms with Crippen molar-refractivity contribution in [3.63, 3.8) is 0 Å². The van der Waals surface area contributed by atoms with Crippen LogP contribution < -0.4 is 0 Å². The lowest BCUT2D eigenvalue weighted by molar-refractivity contribution is 0.0147. The van der Waals surface area contributed by atoms with E-state index >= 15 is 0 Å². The lowest BCUT2D eigenvalue weighted by atomic mass is 10.0. The van der Waals surface area contributed by atoms with Crippen LogP contribution in [0.2, 0.25) is 0 Å². The van der Waals surface area contributed by atoms with Gasteiger partial charge in [-0.25, -0.2) is 4.79 Å². The van der Waals surface area contributed by atoms with Gasteiger partial charge in [-0.15, -0.1) is 0 Å². The second kappa shape index (κ2) is 4.58. The van der Waals surface area contributed by atoms with Gasteiger partial charge in [0.05, 0.1) is 17.8 Å². The van der Waals surface area contributed by atoms with Crippen molar-refractivity contribution >= 4 is 11.7 Å². The zero-order valence-corrected chi connectivity index (χ0v) is 11.2. The molecule has 1 aromatic carbocycles. The van der Waals surface area contributed by atoms with Crippen LogP contribution >= 0.6 is 0 Å². The first-order chi connectivity index (χ1) is 8.38. The fraction of sp³-hybridized carbons (Fsp3) is 0.400. The Morgan fingerprint density at radius 2 is 2.06 bits per heavy atom. The zero-order valence-electron chi connectivity index (χ0n) is 11.2. The molecule has 0 radical (unpaired) electrons. The van der Waals surface area contributed by atoms with Crippen molar-refractivity contribution in [2.75, 3.05) is 6.61 Å². The van der Waals surface area contributed by atoms with Crippen molar-refractivity contribution in [1.29, 1.82) is 0 Å². The summed E-state index contributed by atoms with van der Waals surface area (Å²) in [5, 5.41) is 0. The number of carbonyl (C=O) groups is 1. The van der Waals surface area contributed by atoms with Crippen LogP contribution in [0.25, 0.3) is 5.76 Å². The lowest BCUT2D eigenvalue weighted by Crippen LogP contribution is -2.19. The van der Waals surface area contributed by atoms with Gasteiger partial charge in [0.15, 0.2) is 0 Å². The normalized spacial score (nSPS) is 16.9. The van der Waals surface area contributed by atoms with E-state index in [1.54, 1.807) is 0 Å². The summed E-state index contributed by atoms with van der Waals surface area (Å²) >= 11 is 0. The lowest BCUT2D eigenvalue weighted by Gasteiger charge is -2.18. The molecule has 3 nitrogen and oxygen atoms in total. The number of benzene rings is 1. The zero-order chi connectivity index (χ0) is 13.3. The summed E-state index contributed by atoms with van der Waals surface area (Å²) in [6.45, 7) is 8.31. The molecule has 0 fully saturated rings. The predicted octanol–water partition coefficient (Wildman–Crippen LogP) is 3.32. The van der Waals surface area contributed by atoms with Crippen molar-refractivity contribution < 1.29 is 14.3 Å². The van der Waals surface area contributed by atoms with E-state index in [1.165, 1.54) is 0 Å². The second-order valence-electron chi connectivity index (χ2n) is 5.38. The number of hydrogen-bond donors (Lipinski definition) is 0. The molecular weight excluding hydrogens is 228 g/mol. The molecule has 0 saturated heterocycles. The molecule has 1 aliphatic rings. The SMILES string of the molecule is Cc1cccc2c1C(=O)O/C2=C/COC(C)(C)C. The molecule has 0 N–H and O–H groups in total. The molecule has 2 rings (SSSR count). The minimum absolute atomic E-state index is 0.199. The maximum Gasteiger partial charge on any atom is 0.344 e. The summed E-state index contributed by atoms with van der Waals surface area (Å²) in [5.41, 5.74) is 2.27. The van der Waals surface area contributed by atoms with Crippen molar-refractivity contribution in [2.45, 2.75) is 33.3 Å². The van der Waals surface area contributed by atoms with Crippen LogP contribution in [0.1, 0.15) is 42.3 Å². The molecule has 0 aromatic heterocycles. The molecule has 0 aliphatic carbocycles. The Morgan fingerprint density at radius 1 is 1.33 bits per heavy atom. The maximum absolute atomic E-state index is 11.8. The second-order valence-corrected chi connectivity index (χ2v) is 5.38. The highest BCUT2D eigenvalue weighted by Gasteiger charge is 2.27. The fourth-order valence-corrected chi connectivity index (χ4v) is 1.87. The van der Waals surface area contributed by atoms with Gasteiger partial charge >= 0.3 is 5.97 Å². The first-order valence-corrected chi connectivity index (χ1v) is 6.05. The number of rotatable bonds is 2. The third-order valence-electron chi connectivity index (χ3n) is 2.73. The monoisotopic (exact) mass is 246 g/mol. The summed E-state index contributed by atoms with van der Waals surface area (Å²) in [6.07, 6.45) is 1.81. The Morgan fingerprint density at radius 3 is 2.72 bits per heavy atom. The molecule has 0 bridgehead atoms. The largest absolute Gasteiger partial charge is 0.422 e. The van der Waals surface area contributed by atoms with Gasteiger partial charge in [0.2, 0.25) is 0 Å². The number of aryl methyl sites for hydroxylation is 1. The molecule has 0 saturated carbocycles. The van der Waals surface area contributed by atoms with E-state index < -0.39 is 0 Å². The summed E-state index contributed by atoms with van der Waals surface area (Å²) in [4.78, 5) is 11.8. The summed E-state index contributed by atoms with van der Waals surface area (Å²) < 4.78 is 10.9. The van der Waals surface area contributed by atoms with E-state index in [0.717, 1.165) is 11.1 Å². The van der Waals surface area contributed by atoms with Crippen molar-refractivity contribution in [3.05, 3.63) is 41.0 Å². The standard InChI is InChI=1S/C15H18O3/c1-10-6-5-7-11-12(18-14(16)13(10)11)8-9-17-15(2,3)4/h5-8H,9H2,1-4H3/b12-8+. The van der Waals surface area contributed by atoms with Gasteiger partial charge in [-0.2, -0.15) is 0 Å². The van der Waals surface area contributed by atoms with E-state index in [4.69, 9.17) is 9.47 Å². The van der Waals surface area contributed by atoms with Gasteiger partial charge in [-0.1, -0.05) is 18.2 Å². The predicted molar refractivity (Wildman–Crippen MR) is 70.3 cm³/mol. The third-order valence-corrected chi connectivity index (χ3v) is 2.73. The van der Waals surface area contributed by atoms with Gasteiger partial charge in [0.1, 0.15) is 5.76 Å². The minimum atomic E-state index is -0.273. The van der Waals surface area contributed by atoms with Gasteiger partial charge in [-0.05, 0) is 39.3 Å². The molecule has 1 aromatic rings. The summed E-state index contributed by atoms with van der Waals surface area (Å²) in [6, 6.07) is 5.74. The highest BCUT2D eigenvalue weighted by Crippen LogP contribution is 2.31. The topological polar surface area (TPSA) is 35.5 Å². The molecule has 0 spiro atoms. The number of hydrogen-bond acceptors (Lipinski definition) is 3. The number of ether oxygens (including phenoxy) is 2. The molecule has 0 amide bonds. The smallest absolute Gasteiger partial charge is 0.344 e. The first kappa shape index (κ1) is 12.8. The van der Waals surface area contributed by atoms with E-state index in [9.17, 15) is 4.79 Å². The first-order valence-electron chi connectivity index (χ1n) is 6.05. The molecule has 96 valence electrons. The molecule has 0 atom stereocenters. The van der Waals surface area contributed by atoms with Gasteiger partial charge < -0.3 is 9.47 Å². The molecule has 0 unspecified atom stereocenters. The third kappa shape index (κ3) is 2.62. The highest BCUT2D eigenvalue weighted by atomic mass is 16.5. The Hall–Kier alpha value is -1.61. The number of esters is 1. The molecule has 3 heteroatoms. The Balaban J connectivity index is 2.22. The average Bonchev–Trinajstić information content (AvgIpc) is 2.55. The van der Waals surface area contributed by atoms with Crippen molar-refractivity contribution in [3.8, 4) is 0 Å². The average molecular weight is 246 g/mol. The van der Waals surface area contributed by atoms with Crippen LogP contribution in [0, 0.1) is 6.92 Å². The van der Waals surface area contributed by atoms with Crippen LogP contribution in [0.4, 0.5) is 0 Å². The molecule has 1 aliphatic heterocycles. The fourth-order valence-electron chi connectivity index (χ4n) is 1.87. The van der Waals surface area contributed by atoms with Crippen molar-refractivity contribution in [2.24, 2.45) is 0 Å². The van der Waals surface area contributed by atoms with Gasteiger partial charge in [-0.3, -0.25) is 0 Å². The molecule has 1 heterocycles. The van der Waals surface area contributed by atoms with E-state index in [0.29, 0.717) is 17.9 Å². The van der Waals surface area contributed by atoms with Gasteiger partial charge in [0, 0.05) is 5.56 Å². The molecular formula is C15H18O3. The van der Waals surface area contributed by atoms with E-state index in [-0.39, 0.29) is 11.6 Å². The van der Waals surface area contributed by atoms with Crippen molar-refractivity contribution in [1.82, 2.24) is 0 Å². The minimum Gasteiger partial charge on any atom is -0.422 e. The Bertz CT molecular complexity index is 507. The number of fused-ring (bicyclic) bond motifs is 1. The summed E-state index contributed by atoms with van der Waals surface area (Å²) in [5.74, 6) is 0.327. The van der Waals surface area contributed by atoms with E-state index in [2.05, 4.69) is 0 Å². The number of carbonyl (C=O) groups excluding carboxylic acids is 1. The van der Waals surface area contributed by atoms with Crippen LogP contribution in [-0.2, 0) is 9.47 Å². The maximum atomic E-state index is 11.8. The highest BCUT2D eigenvalue weighted by molar-refractivity contribution is 6.04. The number of cyclic esters (lactones) is 1. The van der Waals surface area contributed by atoms with Crippen LogP contribution in [0.15, 0.2) is 24.3 Å². The van der Waals surface area contributed by atoms with Crippen LogP contribution in [0.5, 0.6) is 0 Å². The molecule has 18 heavy (non-hydrogen) atoms. The Labute approximate surface area is 107 Å². The van der Waals surface area contributed by atoms with Crippen LogP contribution in [-0.4, -0.2) is 18.2 Å². The Kier molecular flexibility index (Phi) is 3.26. The van der Waals surface area contributed by atoms with Gasteiger partial charge in [0.25, 0.3) is 0 Å².